The number of aromatic nitrogens is 2. The maximum Gasteiger partial charge on any atom is 0.326 e. The van der Waals surface area contributed by atoms with Crippen LogP contribution in [0.4, 0.5) is 0 Å². The van der Waals surface area contributed by atoms with Crippen LogP contribution in [-0.2, 0) is 4.79 Å². The second-order valence-electron chi connectivity index (χ2n) is 6.13. The molecule has 1 aromatic carbocycles. The molecule has 1 fully saturated rings. The Morgan fingerprint density at radius 2 is 2.12 bits per heavy atom. The molecule has 0 spiro atoms. The topological polar surface area (TPSA) is 86.3 Å². The summed E-state index contributed by atoms with van der Waals surface area (Å²) in [6, 6.07) is 8.03. The van der Waals surface area contributed by atoms with Crippen molar-refractivity contribution in [2.75, 3.05) is 6.54 Å². The summed E-state index contributed by atoms with van der Waals surface area (Å²) in [7, 11) is 0. The summed E-state index contributed by atoms with van der Waals surface area (Å²) in [6.07, 6.45) is 1.26. The number of aliphatic carboxylic acids is 1. The van der Waals surface area contributed by atoms with E-state index < -0.39 is 12.0 Å². The number of piperidine rings is 1. The monoisotopic (exact) mass is 347 g/mol. The van der Waals surface area contributed by atoms with E-state index in [4.69, 9.17) is 11.6 Å². The van der Waals surface area contributed by atoms with Crippen LogP contribution in [0.25, 0.3) is 11.3 Å². The number of likely N-dealkylation sites (tertiary alicyclic amines) is 1. The molecule has 0 saturated carbocycles. The maximum absolute atomic E-state index is 12.7. The Morgan fingerprint density at radius 3 is 2.83 bits per heavy atom. The zero-order chi connectivity index (χ0) is 17.3. The number of nitrogens with zero attached hydrogens (tertiary/aromatic N) is 2. The molecule has 2 N–H and O–H groups in total. The van der Waals surface area contributed by atoms with Gasteiger partial charge in [0, 0.05) is 12.1 Å². The number of H-pyrrole nitrogens is 1. The summed E-state index contributed by atoms with van der Waals surface area (Å²) < 4.78 is 0. The summed E-state index contributed by atoms with van der Waals surface area (Å²) in [5.41, 5.74) is 1.54. The minimum atomic E-state index is -0.972. The zero-order valence-corrected chi connectivity index (χ0v) is 14.0. The van der Waals surface area contributed by atoms with Crippen molar-refractivity contribution in [1.29, 1.82) is 0 Å². The molecule has 2 atom stereocenters. The number of hydrogen-bond donors (Lipinski definition) is 2. The van der Waals surface area contributed by atoms with E-state index in [0.29, 0.717) is 23.7 Å². The maximum atomic E-state index is 12.7. The van der Waals surface area contributed by atoms with E-state index >= 15 is 0 Å². The van der Waals surface area contributed by atoms with Crippen LogP contribution < -0.4 is 0 Å². The summed E-state index contributed by atoms with van der Waals surface area (Å²) in [5.74, 6) is -1.03. The van der Waals surface area contributed by atoms with Gasteiger partial charge in [-0.25, -0.2) is 4.79 Å². The lowest BCUT2D eigenvalue weighted by atomic mass is 9.92. The van der Waals surface area contributed by atoms with Gasteiger partial charge < -0.3 is 10.0 Å². The third-order valence-electron chi connectivity index (χ3n) is 4.37. The highest BCUT2D eigenvalue weighted by atomic mass is 35.5. The summed E-state index contributed by atoms with van der Waals surface area (Å²) in [5, 5.41) is 16.8. The Balaban J connectivity index is 1.85. The largest absolute Gasteiger partial charge is 0.480 e. The summed E-state index contributed by atoms with van der Waals surface area (Å²) in [4.78, 5) is 25.6. The summed E-state index contributed by atoms with van der Waals surface area (Å²) in [6.45, 7) is 2.43. The van der Waals surface area contributed by atoms with E-state index in [0.717, 1.165) is 12.0 Å². The van der Waals surface area contributed by atoms with Crippen molar-refractivity contribution >= 4 is 23.5 Å². The number of carbonyl (C=O) groups excluding carboxylic acids is 1. The molecule has 0 aliphatic carbocycles. The SMILES string of the molecule is CC1CCN(C(=O)c2cc(-c3ccccc3Cl)n[nH]2)C(C(=O)O)C1. The highest BCUT2D eigenvalue weighted by Crippen LogP contribution is 2.28. The van der Waals surface area contributed by atoms with E-state index in [1.807, 2.05) is 25.1 Å². The first kappa shape index (κ1) is 16.5. The first-order chi connectivity index (χ1) is 11.5. The van der Waals surface area contributed by atoms with Crippen molar-refractivity contribution in [2.24, 2.45) is 5.92 Å². The van der Waals surface area contributed by atoms with Crippen molar-refractivity contribution in [2.45, 2.75) is 25.8 Å². The second-order valence-corrected chi connectivity index (χ2v) is 6.54. The first-order valence-corrected chi connectivity index (χ1v) is 8.19. The number of rotatable bonds is 3. The molecule has 0 bridgehead atoms. The summed E-state index contributed by atoms with van der Waals surface area (Å²) >= 11 is 6.15. The quantitative estimate of drug-likeness (QED) is 0.893. The highest BCUT2D eigenvalue weighted by Gasteiger charge is 2.35. The van der Waals surface area contributed by atoms with Crippen LogP contribution in [-0.4, -0.2) is 44.7 Å². The van der Waals surface area contributed by atoms with Crippen LogP contribution >= 0.6 is 11.6 Å². The molecule has 1 aromatic heterocycles. The van der Waals surface area contributed by atoms with E-state index in [1.54, 1.807) is 12.1 Å². The molecule has 3 rings (SSSR count). The lowest BCUT2D eigenvalue weighted by molar-refractivity contribution is -0.144. The average Bonchev–Trinajstić information content (AvgIpc) is 3.04. The highest BCUT2D eigenvalue weighted by molar-refractivity contribution is 6.33. The van der Waals surface area contributed by atoms with Gasteiger partial charge in [0.1, 0.15) is 11.7 Å². The first-order valence-electron chi connectivity index (χ1n) is 7.81. The van der Waals surface area contributed by atoms with Gasteiger partial charge in [-0.2, -0.15) is 5.10 Å². The average molecular weight is 348 g/mol. The van der Waals surface area contributed by atoms with Crippen LogP contribution in [0.2, 0.25) is 5.02 Å². The predicted octanol–water partition coefficient (Wildman–Crippen LogP) is 3.06. The van der Waals surface area contributed by atoms with Gasteiger partial charge in [-0.3, -0.25) is 9.89 Å². The fraction of sp³-hybridized carbons (Fsp3) is 0.353. The van der Waals surface area contributed by atoms with Gasteiger partial charge in [-0.1, -0.05) is 36.7 Å². The van der Waals surface area contributed by atoms with Crippen molar-refractivity contribution in [3.63, 3.8) is 0 Å². The Morgan fingerprint density at radius 1 is 1.38 bits per heavy atom. The van der Waals surface area contributed by atoms with Crippen molar-refractivity contribution in [1.82, 2.24) is 15.1 Å². The molecule has 126 valence electrons. The van der Waals surface area contributed by atoms with Gasteiger partial charge in [0.05, 0.1) is 10.7 Å². The van der Waals surface area contributed by atoms with Crippen LogP contribution in [0.3, 0.4) is 0 Å². The zero-order valence-electron chi connectivity index (χ0n) is 13.2. The molecular formula is C17H18ClN3O3. The van der Waals surface area contributed by atoms with E-state index in [2.05, 4.69) is 10.2 Å². The molecule has 2 heterocycles. The molecule has 1 amide bonds. The molecule has 1 aliphatic rings. The third-order valence-corrected chi connectivity index (χ3v) is 4.70. The molecule has 1 aliphatic heterocycles. The molecule has 7 heteroatoms. The fourth-order valence-corrected chi connectivity index (χ4v) is 3.24. The number of halogens is 1. The lowest BCUT2D eigenvalue weighted by Gasteiger charge is -2.35. The Bertz CT molecular complexity index is 774. The molecule has 6 nitrogen and oxygen atoms in total. The lowest BCUT2D eigenvalue weighted by Crippen LogP contribution is -2.49. The van der Waals surface area contributed by atoms with Crippen molar-refractivity contribution in [3.8, 4) is 11.3 Å². The van der Waals surface area contributed by atoms with Gasteiger partial charge >= 0.3 is 5.97 Å². The number of hydrogen-bond acceptors (Lipinski definition) is 3. The van der Waals surface area contributed by atoms with Gasteiger partial charge in [0.15, 0.2) is 0 Å². The number of benzene rings is 1. The van der Waals surface area contributed by atoms with Crippen LogP contribution in [0, 0.1) is 5.92 Å². The van der Waals surface area contributed by atoms with Crippen LogP contribution in [0.5, 0.6) is 0 Å². The normalized spacial score (nSPS) is 20.8. The second kappa shape index (κ2) is 6.65. The van der Waals surface area contributed by atoms with E-state index in [1.165, 1.54) is 4.90 Å². The van der Waals surface area contributed by atoms with Crippen molar-refractivity contribution < 1.29 is 14.7 Å². The number of aromatic amines is 1. The van der Waals surface area contributed by atoms with Crippen LogP contribution in [0.1, 0.15) is 30.3 Å². The Labute approximate surface area is 144 Å². The minimum absolute atomic E-state index is 0.269. The number of carboxylic acids is 1. The molecule has 0 radical (unpaired) electrons. The van der Waals surface area contributed by atoms with Gasteiger partial charge in [0.2, 0.25) is 0 Å². The standard InChI is InChI=1S/C17H18ClN3O3/c1-10-6-7-21(15(8-10)17(23)24)16(22)14-9-13(19-20-14)11-4-2-3-5-12(11)18/h2-5,9-10,15H,6-8H2,1H3,(H,19,20)(H,23,24). The molecule has 2 unspecified atom stereocenters. The number of carboxylic acid groups (broad SMARTS) is 1. The van der Waals surface area contributed by atoms with E-state index in [9.17, 15) is 14.7 Å². The van der Waals surface area contributed by atoms with Gasteiger partial charge in [-0.15, -0.1) is 0 Å². The molecular weight excluding hydrogens is 330 g/mol. The fourth-order valence-electron chi connectivity index (χ4n) is 3.01. The Kier molecular flexibility index (Phi) is 4.57. The number of amides is 1. The van der Waals surface area contributed by atoms with Gasteiger partial charge in [-0.05, 0) is 30.9 Å². The van der Waals surface area contributed by atoms with Gasteiger partial charge in [0.25, 0.3) is 5.91 Å². The van der Waals surface area contributed by atoms with Crippen LogP contribution in [0.15, 0.2) is 30.3 Å². The molecule has 1 saturated heterocycles. The van der Waals surface area contributed by atoms with E-state index in [-0.39, 0.29) is 17.5 Å². The smallest absolute Gasteiger partial charge is 0.326 e. The predicted molar refractivity (Wildman–Crippen MR) is 89.9 cm³/mol. The molecule has 24 heavy (non-hydrogen) atoms. The van der Waals surface area contributed by atoms with Crippen molar-refractivity contribution in [3.05, 3.63) is 41.0 Å². The number of carbonyl (C=O) groups is 2. The minimum Gasteiger partial charge on any atom is -0.480 e. The number of nitrogens with one attached hydrogen (secondary N) is 1. The molecule has 2 aromatic rings. The third kappa shape index (κ3) is 3.14. The Hall–Kier alpha value is -2.34.